The average molecular weight is 360 g/mol. The Kier molecular flexibility index (Phi) is 5.95. The highest BCUT2D eigenvalue weighted by molar-refractivity contribution is 6.17. The number of ketones is 1. The van der Waals surface area contributed by atoms with E-state index in [2.05, 4.69) is 0 Å². The molecule has 0 bridgehead atoms. The predicted octanol–water partition coefficient (Wildman–Crippen LogP) is 2.28. The number of hydrogen-bond acceptors (Lipinski definition) is 6. The Balaban J connectivity index is 2.64. The molecule has 1 aliphatic rings. The minimum atomic E-state index is -1.43. The first kappa shape index (κ1) is 19.4. The molecule has 6 nitrogen and oxygen atoms in total. The molecule has 1 aromatic rings. The first-order valence-corrected chi connectivity index (χ1v) is 8.27. The van der Waals surface area contributed by atoms with Gasteiger partial charge in [0.2, 0.25) is 0 Å². The largest absolute Gasteiger partial charge is 0.465 e. The Morgan fingerprint density at radius 2 is 2.08 bits per heavy atom. The van der Waals surface area contributed by atoms with Crippen molar-refractivity contribution in [3.05, 3.63) is 41.0 Å². The number of anilines is 1. The number of esters is 1. The van der Waals surface area contributed by atoms with E-state index < -0.39 is 23.5 Å². The number of rotatable bonds is 5. The van der Waals surface area contributed by atoms with Crippen molar-refractivity contribution in [3.8, 4) is 0 Å². The third-order valence-electron chi connectivity index (χ3n) is 3.99. The normalized spacial score (nSPS) is 16.5. The van der Waals surface area contributed by atoms with Crippen LogP contribution in [0.25, 0.3) is 6.08 Å². The second kappa shape index (κ2) is 7.97. The lowest BCUT2D eigenvalue weighted by Crippen LogP contribution is -2.42. The van der Waals surface area contributed by atoms with Gasteiger partial charge in [0.05, 0.1) is 12.3 Å². The standard InChI is InChI=1S/C19H21FN2O4/c1-5-22-15-9-12(7-8-21(3)4)14(20)10-13(15)18(24)17(16(22)11-23)19(25)26-6-2/h7-10,17H,5-6H2,1-4H3. The SMILES string of the molecule is CCOC(=O)C1C(=O)c2cc(F)c(C=CN(C)C)cc2N(CC)C1=C=O. The van der Waals surface area contributed by atoms with E-state index in [-0.39, 0.29) is 23.4 Å². The number of hydrogen-bond donors (Lipinski definition) is 0. The Morgan fingerprint density at radius 3 is 2.62 bits per heavy atom. The Labute approximate surface area is 151 Å². The van der Waals surface area contributed by atoms with Gasteiger partial charge in [0.25, 0.3) is 0 Å². The zero-order valence-corrected chi connectivity index (χ0v) is 15.2. The maximum Gasteiger partial charge on any atom is 0.323 e. The van der Waals surface area contributed by atoms with Crippen LogP contribution in [0.3, 0.4) is 0 Å². The van der Waals surface area contributed by atoms with Crippen LogP contribution in [0.4, 0.5) is 10.1 Å². The zero-order chi connectivity index (χ0) is 19.4. The maximum atomic E-state index is 14.4. The van der Waals surface area contributed by atoms with E-state index in [1.807, 2.05) is 0 Å². The molecule has 138 valence electrons. The van der Waals surface area contributed by atoms with Gasteiger partial charge >= 0.3 is 5.97 Å². The summed E-state index contributed by atoms with van der Waals surface area (Å²) < 4.78 is 19.4. The second-order valence-electron chi connectivity index (χ2n) is 5.95. The molecule has 0 N–H and O–H groups in total. The van der Waals surface area contributed by atoms with Crippen LogP contribution in [-0.2, 0) is 14.3 Å². The van der Waals surface area contributed by atoms with E-state index in [9.17, 15) is 18.8 Å². The molecule has 1 heterocycles. The molecule has 0 saturated carbocycles. The molecular weight excluding hydrogens is 339 g/mol. The van der Waals surface area contributed by atoms with Crippen LogP contribution in [0.2, 0.25) is 0 Å². The van der Waals surface area contributed by atoms with E-state index in [1.54, 1.807) is 51.1 Å². The van der Waals surface area contributed by atoms with Crippen LogP contribution in [0.5, 0.6) is 0 Å². The lowest BCUT2D eigenvalue weighted by atomic mass is 9.87. The van der Waals surface area contributed by atoms with Crippen molar-refractivity contribution < 1.29 is 23.5 Å². The van der Waals surface area contributed by atoms with Gasteiger partial charge in [0.1, 0.15) is 17.5 Å². The lowest BCUT2D eigenvalue weighted by Gasteiger charge is -2.34. The molecular formula is C19H21FN2O4. The molecule has 7 heteroatoms. The minimum Gasteiger partial charge on any atom is -0.465 e. The van der Waals surface area contributed by atoms with E-state index in [0.717, 1.165) is 6.07 Å². The second-order valence-corrected chi connectivity index (χ2v) is 5.95. The Hall–Kier alpha value is -2.92. The summed E-state index contributed by atoms with van der Waals surface area (Å²) >= 11 is 0. The predicted molar refractivity (Wildman–Crippen MR) is 95.8 cm³/mol. The number of halogens is 1. The summed E-state index contributed by atoms with van der Waals surface area (Å²) in [4.78, 5) is 39.7. The van der Waals surface area contributed by atoms with E-state index >= 15 is 0 Å². The van der Waals surface area contributed by atoms with Crippen molar-refractivity contribution in [3.63, 3.8) is 0 Å². The molecule has 1 aromatic carbocycles. The molecule has 0 aliphatic carbocycles. The quantitative estimate of drug-likeness (QED) is 0.456. The Morgan fingerprint density at radius 1 is 1.38 bits per heavy atom. The molecule has 0 radical (unpaired) electrons. The molecule has 26 heavy (non-hydrogen) atoms. The first-order chi connectivity index (χ1) is 12.3. The number of carbonyl (C=O) groups is 2. The third-order valence-corrected chi connectivity index (χ3v) is 3.99. The molecule has 1 aliphatic heterocycles. The van der Waals surface area contributed by atoms with Crippen molar-refractivity contribution in [2.24, 2.45) is 5.92 Å². The summed E-state index contributed by atoms with van der Waals surface area (Å²) in [5.74, 6) is -1.82. The highest BCUT2D eigenvalue weighted by Gasteiger charge is 2.43. The summed E-state index contributed by atoms with van der Waals surface area (Å²) in [6.45, 7) is 3.74. The van der Waals surface area contributed by atoms with Gasteiger partial charge in [-0.25, -0.2) is 9.18 Å². The van der Waals surface area contributed by atoms with Crippen molar-refractivity contribution in [2.75, 3.05) is 32.1 Å². The highest BCUT2D eigenvalue weighted by atomic mass is 19.1. The van der Waals surface area contributed by atoms with E-state index in [4.69, 9.17) is 4.74 Å². The van der Waals surface area contributed by atoms with Gasteiger partial charge in [-0.15, -0.1) is 0 Å². The zero-order valence-electron chi connectivity index (χ0n) is 15.2. The van der Waals surface area contributed by atoms with Crippen molar-refractivity contribution in [1.29, 1.82) is 0 Å². The van der Waals surface area contributed by atoms with Crippen LogP contribution in [0.1, 0.15) is 29.8 Å². The molecule has 2 rings (SSSR count). The molecule has 1 unspecified atom stereocenters. The maximum absolute atomic E-state index is 14.4. The molecule has 0 aromatic heterocycles. The number of benzene rings is 1. The smallest absolute Gasteiger partial charge is 0.323 e. The van der Waals surface area contributed by atoms with Gasteiger partial charge in [-0.1, -0.05) is 0 Å². The van der Waals surface area contributed by atoms with Crippen molar-refractivity contribution >= 4 is 29.5 Å². The number of carbonyl (C=O) groups excluding carboxylic acids is 3. The number of fused-ring (bicyclic) bond motifs is 1. The summed E-state index contributed by atoms with van der Waals surface area (Å²) in [6.07, 6.45) is 3.24. The van der Waals surface area contributed by atoms with E-state index in [1.165, 1.54) is 11.0 Å². The molecule has 0 amide bonds. The van der Waals surface area contributed by atoms with Gasteiger partial charge in [0.15, 0.2) is 11.7 Å². The molecule has 1 atom stereocenters. The third kappa shape index (κ3) is 3.53. The van der Waals surface area contributed by atoms with Crippen LogP contribution in [-0.4, -0.2) is 49.8 Å². The fourth-order valence-corrected chi connectivity index (χ4v) is 2.82. The van der Waals surface area contributed by atoms with Gasteiger partial charge < -0.3 is 14.5 Å². The fraction of sp³-hybridized carbons (Fsp3) is 0.368. The van der Waals surface area contributed by atoms with Gasteiger partial charge in [-0.3, -0.25) is 9.59 Å². The first-order valence-electron chi connectivity index (χ1n) is 8.27. The highest BCUT2D eigenvalue weighted by Crippen LogP contribution is 2.37. The van der Waals surface area contributed by atoms with Crippen LogP contribution >= 0.6 is 0 Å². The van der Waals surface area contributed by atoms with Crippen molar-refractivity contribution in [2.45, 2.75) is 13.8 Å². The fourth-order valence-electron chi connectivity index (χ4n) is 2.82. The van der Waals surface area contributed by atoms with Crippen LogP contribution < -0.4 is 4.90 Å². The molecule has 0 saturated heterocycles. The van der Waals surface area contributed by atoms with Gasteiger partial charge in [-0.05, 0) is 38.3 Å². The van der Waals surface area contributed by atoms with Crippen LogP contribution in [0.15, 0.2) is 24.0 Å². The average Bonchev–Trinajstić information content (AvgIpc) is 2.60. The molecule has 0 fully saturated rings. The van der Waals surface area contributed by atoms with Crippen LogP contribution in [0, 0.1) is 11.7 Å². The van der Waals surface area contributed by atoms with E-state index in [0.29, 0.717) is 12.2 Å². The summed E-state index contributed by atoms with van der Waals surface area (Å²) in [5.41, 5.74) is 0.570. The van der Waals surface area contributed by atoms with Gasteiger partial charge in [-0.2, -0.15) is 0 Å². The van der Waals surface area contributed by atoms with Crippen molar-refractivity contribution in [1.82, 2.24) is 4.90 Å². The number of nitrogens with zero attached hydrogens (tertiary/aromatic N) is 2. The summed E-state index contributed by atoms with van der Waals surface area (Å²) in [6, 6.07) is 2.59. The number of ether oxygens (including phenoxy) is 1. The molecule has 0 spiro atoms. The van der Waals surface area contributed by atoms with Gasteiger partial charge in [0, 0.05) is 31.8 Å². The number of Topliss-reactive ketones (excluding diaryl/α,β-unsaturated/α-hetero) is 1. The topological polar surface area (TPSA) is 66.9 Å². The minimum absolute atomic E-state index is 0.0448. The summed E-state index contributed by atoms with van der Waals surface area (Å²) in [7, 11) is 3.59. The Bertz CT molecular complexity index is 810. The monoisotopic (exact) mass is 360 g/mol. The summed E-state index contributed by atoms with van der Waals surface area (Å²) in [5, 5.41) is 0. The lowest BCUT2D eigenvalue weighted by molar-refractivity contribution is -0.145.